The van der Waals surface area contributed by atoms with E-state index in [9.17, 15) is 29.1 Å². The predicted molar refractivity (Wildman–Crippen MR) is 165 cm³/mol. The molecule has 0 saturated carbocycles. The molecule has 0 radical (unpaired) electrons. The van der Waals surface area contributed by atoms with Crippen molar-refractivity contribution >= 4 is 67.5 Å². The number of carbonyl (C=O) groups is 5. The molecule has 2 aromatic rings. The van der Waals surface area contributed by atoms with Gasteiger partial charge in [-0.3, -0.25) is 19.2 Å². The number of rotatable bonds is 16. The molecule has 0 spiro atoms. The summed E-state index contributed by atoms with van der Waals surface area (Å²) >= 11 is 12.1. The monoisotopic (exact) mass is 621 g/mol. The lowest BCUT2D eigenvalue weighted by Crippen LogP contribution is -2.59. The molecule has 5 atom stereocenters. The molecule has 0 aliphatic rings. The number of amides is 4. The van der Waals surface area contributed by atoms with Crippen LogP contribution >= 0.6 is 37.9 Å². The fourth-order valence-electron chi connectivity index (χ4n) is 3.68. The molecule has 41 heavy (non-hydrogen) atoms. The first kappa shape index (κ1) is 34.0. The number of thiol groups is 3. The minimum Gasteiger partial charge on any atom is -0.480 e. The third kappa shape index (κ3) is 11.3. The summed E-state index contributed by atoms with van der Waals surface area (Å²) in [6.07, 6.45) is 0.121. The Morgan fingerprint density at radius 3 is 1.32 bits per heavy atom. The van der Waals surface area contributed by atoms with Crippen molar-refractivity contribution in [2.45, 2.75) is 43.1 Å². The van der Waals surface area contributed by atoms with Gasteiger partial charge in [0.1, 0.15) is 24.2 Å². The van der Waals surface area contributed by atoms with Gasteiger partial charge in [0.2, 0.25) is 23.6 Å². The van der Waals surface area contributed by atoms with Crippen LogP contribution < -0.4 is 27.0 Å². The first-order valence-corrected chi connectivity index (χ1v) is 14.6. The average molecular weight is 622 g/mol. The Hall–Kier alpha value is -3.20. The zero-order chi connectivity index (χ0) is 30.4. The van der Waals surface area contributed by atoms with E-state index >= 15 is 0 Å². The maximum absolute atomic E-state index is 13.6. The van der Waals surface area contributed by atoms with Gasteiger partial charge in [-0.15, -0.1) is 0 Å². The van der Waals surface area contributed by atoms with Crippen LogP contribution in [0, 0.1) is 0 Å². The van der Waals surface area contributed by atoms with Crippen molar-refractivity contribution in [1.82, 2.24) is 21.3 Å². The summed E-state index contributed by atoms with van der Waals surface area (Å²) < 4.78 is 0. The highest BCUT2D eigenvalue weighted by molar-refractivity contribution is 7.80. The quantitative estimate of drug-likeness (QED) is 0.115. The van der Waals surface area contributed by atoms with Crippen molar-refractivity contribution < 1.29 is 29.1 Å². The van der Waals surface area contributed by atoms with Crippen LogP contribution in [0.15, 0.2) is 60.7 Å². The third-order valence-electron chi connectivity index (χ3n) is 5.98. The molecule has 2 aromatic carbocycles. The Morgan fingerprint density at radius 1 is 0.585 bits per heavy atom. The van der Waals surface area contributed by atoms with E-state index in [1.165, 1.54) is 0 Å². The molecule has 0 saturated heterocycles. The van der Waals surface area contributed by atoms with Gasteiger partial charge in [-0.2, -0.15) is 37.9 Å². The molecule has 0 aromatic heterocycles. The average Bonchev–Trinajstić information content (AvgIpc) is 2.97. The van der Waals surface area contributed by atoms with Gasteiger partial charge < -0.3 is 32.1 Å². The van der Waals surface area contributed by atoms with E-state index in [0.717, 1.165) is 5.56 Å². The van der Waals surface area contributed by atoms with Gasteiger partial charge in [0, 0.05) is 30.1 Å². The Kier molecular flexibility index (Phi) is 14.6. The fraction of sp³-hybridized carbons (Fsp3) is 0.370. The lowest BCUT2D eigenvalue weighted by atomic mass is 10.0. The van der Waals surface area contributed by atoms with Crippen LogP contribution in [0.5, 0.6) is 0 Å². The molecule has 7 N–H and O–H groups in total. The third-order valence-corrected chi connectivity index (χ3v) is 7.10. The zero-order valence-electron chi connectivity index (χ0n) is 22.1. The van der Waals surface area contributed by atoms with Gasteiger partial charge >= 0.3 is 5.97 Å². The van der Waals surface area contributed by atoms with Gasteiger partial charge in [0.05, 0.1) is 6.04 Å². The van der Waals surface area contributed by atoms with Crippen molar-refractivity contribution in [3.05, 3.63) is 71.8 Å². The van der Waals surface area contributed by atoms with Crippen LogP contribution in [0.2, 0.25) is 0 Å². The number of nitrogens with two attached hydrogens (primary N) is 1. The van der Waals surface area contributed by atoms with E-state index in [1.807, 2.05) is 0 Å². The molecule has 222 valence electrons. The molecule has 4 amide bonds. The van der Waals surface area contributed by atoms with Gasteiger partial charge in [-0.25, -0.2) is 4.79 Å². The normalized spacial score (nSPS) is 14.4. The van der Waals surface area contributed by atoms with Crippen LogP contribution in [0.25, 0.3) is 0 Å². The molecule has 11 nitrogen and oxygen atoms in total. The van der Waals surface area contributed by atoms with Crippen LogP contribution in [0.1, 0.15) is 11.1 Å². The van der Waals surface area contributed by atoms with E-state index < -0.39 is 59.8 Å². The number of hydrogen-bond acceptors (Lipinski definition) is 9. The first-order valence-electron chi connectivity index (χ1n) is 12.7. The summed E-state index contributed by atoms with van der Waals surface area (Å²) in [5.41, 5.74) is 7.13. The SMILES string of the molecule is N[C@@H](CS)C(=O)N[C@@H](CS)C(=O)N[C@@H](Cc1ccccc1)C(=O)N[C@@H](Cc1ccccc1)C(=O)N[C@@H](CS)C(=O)O. The summed E-state index contributed by atoms with van der Waals surface area (Å²) in [5, 5.41) is 19.6. The molecule has 0 unspecified atom stereocenters. The standard InChI is InChI=1S/C27H35N5O6S3/c28-18(13-39)23(33)31-21(14-40)26(36)30-19(11-16-7-3-1-4-8-16)24(34)29-20(12-17-9-5-2-6-10-17)25(35)32-22(15-41)27(37)38/h1-10,18-22,39-41H,11-15,28H2,(H,29,34)(H,30,36)(H,31,33)(H,32,35)(H,37,38)/t18-,19-,20-,21-,22-/m0/s1. The number of benzene rings is 2. The summed E-state index contributed by atoms with van der Waals surface area (Å²) in [6.45, 7) is 0. The highest BCUT2D eigenvalue weighted by atomic mass is 32.1. The van der Waals surface area contributed by atoms with Crippen molar-refractivity contribution in [2.75, 3.05) is 17.3 Å². The Balaban J connectivity index is 2.31. The van der Waals surface area contributed by atoms with E-state index in [0.29, 0.717) is 5.56 Å². The van der Waals surface area contributed by atoms with Gasteiger partial charge in [-0.1, -0.05) is 60.7 Å². The van der Waals surface area contributed by atoms with Gasteiger partial charge in [0.25, 0.3) is 0 Å². The summed E-state index contributed by atoms with van der Waals surface area (Å²) in [7, 11) is 0. The van der Waals surface area contributed by atoms with Crippen molar-refractivity contribution in [3.63, 3.8) is 0 Å². The minimum atomic E-state index is -1.27. The molecular formula is C27H35N5O6S3. The number of hydrogen-bond donors (Lipinski definition) is 9. The van der Waals surface area contributed by atoms with Crippen LogP contribution in [0.3, 0.4) is 0 Å². The smallest absolute Gasteiger partial charge is 0.327 e. The number of aliphatic carboxylic acids is 1. The highest BCUT2D eigenvalue weighted by Crippen LogP contribution is 2.08. The van der Waals surface area contributed by atoms with Crippen molar-refractivity contribution in [3.8, 4) is 0 Å². The minimum absolute atomic E-state index is 0.0558. The summed E-state index contributed by atoms with van der Waals surface area (Å²) in [5.74, 6) is -4.14. The van der Waals surface area contributed by atoms with Gasteiger partial charge in [0.15, 0.2) is 0 Å². The molecule has 0 aliphatic heterocycles. The van der Waals surface area contributed by atoms with Crippen molar-refractivity contribution in [2.24, 2.45) is 5.73 Å². The number of carboxylic acid groups (broad SMARTS) is 1. The second-order valence-electron chi connectivity index (χ2n) is 9.12. The number of carboxylic acids is 1. The molecule has 0 aliphatic carbocycles. The Bertz CT molecular complexity index is 1170. The largest absolute Gasteiger partial charge is 0.480 e. The molecule has 0 fully saturated rings. The van der Waals surface area contributed by atoms with Crippen molar-refractivity contribution in [1.29, 1.82) is 0 Å². The predicted octanol–water partition coefficient (Wildman–Crippen LogP) is -0.388. The lowest BCUT2D eigenvalue weighted by Gasteiger charge is -2.26. The van der Waals surface area contributed by atoms with E-state index in [2.05, 4.69) is 59.2 Å². The number of carbonyl (C=O) groups excluding carboxylic acids is 4. The molecule has 14 heteroatoms. The molecule has 0 bridgehead atoms. The van der Waals surface area contributed by atoms with Crippen LogP contribution in [0.4, 0.5) is 0 Å². The Labute approximate surface area is 255 Å². The second kappa shape index (κ2) is 17.6. The second-order valence-corrected chi connectivity index (χ2v) is 10.2. The van der Waals surface area contributed by atoms with E-state index in [4.69, 9.17) is 5.73 Å². The summed E-state index contributed by atoms with van der Waals surface area (Å²) in [4.78, 5) is 63.6. The fourth-order valence-corrected chi connectivity index (χ4v) is 4.35. The zero-order valence-corrected chi connectivity index (χ0v) is 24.8. The maximum atomic E-state index is 13.6. The lowest BCUT2D eigenvalue weighted by molar-refractivity contribution is -0.141. The molecule has 2 rings (SSSR count). The summed E-state index contributed by atoms with van der Waals surface area (Å²) in [6, 6.07) is 12.1. The van der Waals surface area contributed by atoms with Gasteiger partial charge in [-0.05, 0) is 11.1 Å². The maximum Gasteiger partial charge on any atom is 0.327 e. The highest BCUT2D eigenvalue weighted by Gasteiger charge is 2.31. The van der Waals surface area contributed by atoms with Crippen LogP contribution in [-0.2, 0) is 36.8 Å². The van der Waals surface area contributed by atoms with E-state index in [1.54, 1.807) is 60.7 Å². The number of nitrogens with one attached hydrogen (secondary N) is 4. The van der Waals surface area contributed by atoms with E-state index in [-0.39, 0.29) is 30.1 Å². The Morgan fingerprint density at radius 2 is 0.951 bits per heavy atom. The van der Waals surface area contributed by atoms with Crippen LogP contribution in [-0.4, -0.2) is 82.2 Å². The topological polar surface area (TPSA) is 180 Å². The molecule has 0 heterocycles. The first-order chi connectivity index (χ1) is 19.6. The molecular weight excluding hydrogens is 587 g/mol.